The van der Waals surface area contributed by atoms with Gasteiger partial charge in [-0.25, -0.2) is 4.98 Å². The van der Waals surface area contributed by atoms with Crippen LogP contribution in [-0.2, 0) is 20.0 Å². The van der Waals surface area contributed by atoms with Gasteiger partial charge in [-0.15, -0.1) is 0 Å². The zero-order valence-electron chi connectivity index (χ0n) is 11.3. The first kappa shape index (κ1) is 12.7. The first-order chi connectivity index (χ1) is 8.66. The molecular weight excluding hydrogens is 226 g/mol. The Labute approximate surface area is 108 Å². The quantitative estimate of drug-likeness (QED) is 0.848. The number of nitrogens with zero attached hydrogens (tertiary/aromatic N) is 4. The van der Waals surface area contributed by atoms with Crippen LogP contribution in [0, 0.1) is 5.92 Å². The molecule has 0 aromatic carbocycles. The summed E-state index contributed by atoms with van der Waals surface area (Å²) < 4.78 is 4.07. The van der Waals surface area contributed by atoms with Crippen molar-refractivity contribution < 1.29 is 0 Å². The Morgan fingerprint density at radius 3 is 2.83 bits per heavy atom. The average Bonchev–Trinajstić information content (AvgIpc) is 2.89. The largest absolute Gasteiger partial charge is 0.355 e. The molecule has 0 spiro atoms. The average molecular weight is 247 g/mol. The second kappa shape index (κ2) is 5.71. The predicted octanol–water partition coefficient (Wildman–Crippen LogP) is 1.93. The van der Waals surface area contributed by atoms with Gasteiger partial charge in [-0.1, -0.05) is 13.8 Å². The third-order valence-electron chi connectivity index (χ3n) is 2.86. The molecule has 0 aliphatic rings. The number of anilines is 1. The highest BCUT2D eigenvalue weighted by Crippen LogP contribution is 2.08. The van der Waals surface area contributed by atoms with E-state index in [1.54, 1.807) is 0 Å². The van der Waals surface area contributed by atoms with Crippen molar-refractivity contribution in [3.63, 3.8) is 0 Å². The van der Waals surface area contributed by atoms with E-state index in [1.807, 2.05) is 36.4 Å². The van der Waals surface area contributed by atoms with E-state index in [2.05, 4.69) is 33.8 Å². The summed E-state index contributed by atoms with van der Waals surface area (Å²) in [4.78, 5) is 4.34. The lowest BCUT2D eigenvalue weighted by Crippen LogP contribution is -2.13. The Bertz CT molecular complexity index is 483. The first-order valence-corrected chi connectivity index (χ1v) is 6.38. The maximum Gasteiger partial charge on any atom is 0.202 e. The SMILES string of the molecule is CC(C)Cn1ccnc1NCCc1ccnn1C. The standard InChI is InChI=1S/C13H21N5/c1-11(2)10-18-9-8-15-13(18)14-6-4-12-5-7-16-17(12)3/h5,7-9,11H,4,6,10H2,1-3H3,(H,14,15). The summed E-state index contributed by atoms with van der Waals surface area (Å²) in [6.45, 7) is 6.28. The van der Waals surface area contributed by atoms with Crippen LogP contribution in [0.3, 0.4) is 0 Å². The van der Waals surface area contributed by atoms with E-state index >= 15 is 0 Å². The van der Waals surface area contributed by atoms with Gasteiger partial charge in [-0.3, -0.25) is 4.68 Å². The van der Waals surface area contributed by atoms with Crippen molar-refractivity contribution in [2.75, 3.05) is 11.9 Å². The predicted molar refractivity (Wildman–Crippen MR) is 72.5 cm³/mol. The van der Waals surface area contributed by atoms with E-state index < -0.39 is 0 Å². The summed E-state index contributed by atoms with van der Waals surface area (Å²) in [7, 11) is 1.97. The highest BCUT2D eigenvalue weighted by molar-refractivity contribution is 5.26. The van der Waals surface area contributed by atoms with E-state index in [1.165, 1.54) is 5.69 Å². The highest BCUT2D eigenvalue weighted by Gasteiger charge is 2.04. The van der Waals surface area contributed by atoms with Crippen molar-refractivity contribution in [3.8, 4) is 0 Å². The van der Waals surface area contributed by atoms with Crippen LogP contribution in [0.15, 0.2) is 24.7 Å². The Morgan fingerprint density at radius 1 is 1.33 bits per heavy atom. The zero-order chi connectivity index (χ0) is 13.0. The van der Waals surface area contributed by atoms with Crippen molar-refractivity contribution in [2.45, 2.75) is 26.8 Å². The van der Waals surface area contributed by atoms with E-state index in [0.717, 1.165) is 25.5 Å². The van der Waals surface area contributed by atoms with Gasteiger partial charge in [0.05, 0.1) is 0 Å². The van der Waals surface area contributed by atoms with E-state index in [-0.39, 0.29) is 0 Å². The molecule has 0 atom stereocenters. The lowest BCUT2D eigenvalue weighted by Gasteiger charge is -2.11. The Balaban J connectivity index is 1.87. The van der Waals surface area contributed by atoms with Gasteiger partial charge < -0.3 is 9.88 Å². The lowest BCUT2D eigenvalue weighted by molar-refractivity contribution is 0.526. The molecule has 2 aromatic rings. The van der Waals surface area contributed by atoms with Crippen LogP contribution in [0.4, 0.5) is 5.95 Å². The molecule has 5 nitrogen and oxygen atoms in total. The summed E-state index contributed by atoms with van der Waals surface area (Å²) in [5.41, 5.74) is 1.23. The van der Waals surface area contributed by atoms with Crippen molar-refractivity contribution >= 4 is 5.95 Å². The summed E-state index contributed by atoms with van der Waals surface area (Å²) >= 11 is 0. The Kier molecular flexibility index (Phi) is 4.02. The van der Waals surface area contributed by atoms with Gasteiger partial charge in [0.25, 0.3) is 0 Å². The van der Waals surface area contributed by atoms with Gasteiger partial charge in [0.2, 0.25) is 5.95 Å². The molecule has 98 valence electrons. The summed E-state index contributed by atoms with van der Waals surface area (Å²) in [5, 5.41) is 7.53. The number of aromatic nitrogens is 4. The number of nitrogens with one attached hydrogen (secondary N) is 1. The second-order valence-corrected chi connectivity index (χ2v) is 4.92. The van der Waals surface area contributed by atoms with Crippen LogP contribution >= 0.6 is 0 Å². The molecule has 0 fully saturated rings. The van der Waals surface area contributed by atoms with Crippen LogP contribution in [-0.4, -0.2) is 25.9 Å². The topological polar surface area (TPSA) is 47.7 Å². The third kappa shape index (κ3) is 3.12. The summed E-state index contributed by atoms with van der Waals surface area (Å²) in [6, 6.07) is 2.04. The molecule has 2 aromatic heterocycles. The van der Waals surface area contributed by atoms with Gasteiger partial charge in [0.15, 0.2) is 0 Å². The number of hydrogen-bond donors (Lipinski definition) is 1. The third-order valence-corrected chi connectivity index (χ3v) is 2.86. The molecule has 0 aliphatic carbocycles. The van der Waals surface area contributed by atoms with Gasteiger partial charge in [0, 0.05) is 50.8 Å². The zero-order valence-corrected chi connectivity index (χ0v) is 11.3. The smallest absolute Gasteiger partial charge is 0.202 e. The number of hydrogen-bond acceptors (Lipinski definition) is 3. The molecule has 0 unspecified atom stereocenters. The molecule has 2 heterocycles. The molecule has 0 saturated carbocycles. The number of imidazole rings is 1. The van der Waals surface area contributed by atoms with Gasteiger partial charge in [0.1, 0.15) is 0 Å². The van der Waals surface area contributed by atoms with E-state index in [0.29, 0.717) is 5.92 Å². The molecule has 0 saturated heterocycles. The normalized spacial score (nSPS) is 11.1. The first-order valence-electron chi connectivity index (χ1n) is 6.38. The van der Waals surface area contributed by atoms with Crippen LogP contribution in [0.5, 0.6) is 0 Å². The monoisotopic (exact) mass is 247 g/mol. The van der Waals surface area contributed by atoms with E-state index in [4.69, 9.17) is 0 Å². The van der Waals surface area contributed by atoms with Gasteiger partial charge >= 0.3 is 0 Å². The molecule has 0 amide bonds. The van der Waals surface area contributed by atoms with Crippen LogP contribution < -0.4 is 5.32 Å². The maximum absolute atomic E-state index is 4.34. The van der Waals surface area contributed by atoms with Crippen LogP contribution in [0.25, 0.3) is 0 Å². The van der Waals surface area contributed by atoms with Crippen molar-refractivity contribution in [2.24, 2.45) is 13.0 Å². The Morgan fingerprint density at radius 2 is 2.17 bits per heavy atom. The molecule has 0 bridgehead atoms. The molecule has 0 radical (unpaired) electrons. The molecule has 0 aliphatic heterocycles. The minimum atomic E-state index is 0.622. The molecule has 5 heteroatoms. The lowest BCUT2D eigenvalue weighted by atomic mass is 10.2. The van der Waals surface area contributed by atoms with E-state index in [9.17, 15) is 0 Å². The van der Waals surface area contributed by atoms with Crippen molar-refractivity contribution in [3.05, 3.63) is 30.4 Å². The molecule has 1 N–H and O–H groups in total. The maximum atomic E-state index is 4.34. The molecule has 18 heavy (non-hydrogen) atoms. The van der Waals surface area contributed by atoms with Crippen LogP contribution in [0.1, 0.15) is 19.5 Å². The minimum absolute atomic E-state index is 0.622. The Hall–Kier alpha value is -1.78. The molecule has 2 rings (SSSR count). The number of aryl methyl sites for hydroxylation is 1. The summed E-state index contributed by atoms with van der Waals surface area (Å²) in [5.74, 6) is 1.57. The van der Waals surface area contributed by atoms with Gasteiger partial charge in [-0.2, -0.15) is 5.10 Å². The minimum Gasteiger partial charge on any atom is -0.355 e. The van der Waals surface area contributed by atoms with Crippen molar-refractivity contribution in [1.29, 1.82) is 0 Å². The fourth-order valence-electron chi connectivity index (χ4n) is 1.97. The fraction of sp³-hybridized carbons (Fsp3) is 0.538. The van der Waals surface area contributed by atoms with Crippen LogP contribution in [0.2, 0.25) is 0 Å². The second-order valence-electron chi connectivity index (χ2n) is 4.92. The number of rotatable bonds is 6. The highest BCUT2D eigenvalue weighted by atomic mass is 15.3. The van der Waals surface area contributed by atoms with Gasteiger partial charge in [-0.05, 0) is 12.0 Å². The molecular formula is C13H21N5. The van der Waals surface area contributed by atoms with Crippen molar-refractivity contribution in [1.82, 2.24) is 19.3 Å². The summed E-state index contributed by atoms with van der Waals surface area (Å²) in [6.07, 6.45) is 6.64. The fourth-order valence-corrected chi connectivity index (χ4v) is 1.97.